The van der Waals surface area contributed by atoms with Gasteiger partial charge in [-0.3, -0.25) is 14.4 Å². The van der Waals surface area contributed by atoms with Gasteiger partial charge in [0, 0.05) is 12.6 Å². The fraction of sp³-hybridized carbons (Fsp3) is 0.217. The molecular weight excluding hydrogens is 521 g/mol. The topological polar surface area (TPSA) is 113 Å². The van der Waals surface area contributed by atoms with E-state index in [1.165, 1.54) is 7.11 Å². The molecule has 13 heteroatoms. The number of H-pyrrole nitrogens is 1. The minimum atomic E-state index is -4.59. The van der Waals surface area contributed by atoms with Gasteiger partial charge in [0.25, 0.3) is 5.56 Å². The van der Waals surface area contributed by atoms with Crippen molar-refractivity contribution < 1.29 is 27.5 Å². The van der Waals surface area contributed by atoms with Crippen LogP contribution < -0.4 is 20.9 Å². The van der Waals surface area contributed by atoms with Crippen molar-refractivity contribution in [2.45, 2.75) is 24.3 Å². The molecule has 3 rings (SSSR count). The zero-order valence-electron chi connectivity index (χ0n) is 18.7. The second-order valence-corrected chi connectivity index (χ2v) is 8.75. The Balaban J connectivity index is 1.57. The van der Waals surface area contributed by atoms with Crippen LogP contribution in [-0.2, 0) is 28.7 Å². The van der Waals surface area contributed by atoms with E-state index in [1.807, 2.05) is 6.07 Å². The van der Waals surface area contributed by atoms with E-state index >= 15 is 0 Å². The molecular formula is C23H20ClF3N4O4S. The van der Waals surface area contributed by atoms with Crippen LogP contribution in [0.1, 0.15) is 16.8 Å². The lowest BCUT2D eigenvalue weighted by Gasteiger charge is -2.11. The number of carbonyl (C=O) groups excluding carboxylic acids is 2. The zero-order chi connectivity index (χ0) is 26.3. The number of aromatic nitrogens is 2. The molecule has 3 aromatic rings. The van der Waals surface area contributed by atoms with E-state index in [-0.39, 0.29) is 46.2 Å². The number of carbonyl (C=O) groups is 2. The Morgan fingerprint density at radius 3 is 2.64 bits per heavy atom. The first-order chi connectivity index (χ1) is 17.0. The normalized spacial score (nSPS) is 11.1. The van der Waals surface area contributed by atoms with Gasteiger partial charge in [0.2, 0.25) is 11.8 Å². The Morgan fingerprint density at radius 2 is 1.92 bits per heavy atom. The van der Waals surface area contributed by atoms with Crippen LogP contribution in [-0.4, -0.2) is 34.6 Å². The van der Waals surface area contributed by atoms with Gasteiger partial charge in [-0.1, -0.05) is 35.5 Å². The molecule has 2 amide bonds. The van der Waals surface area contributed by atoms with Crippen LogP contribution in [0.5, 0.6) is 5.75 Å². The molecule has 0 saturated heterocycles. The van der Waals surface area contributed by atoms with Gasteiger partial charge in [-0.05, 0) is 35.9 Å². The Hall–Kier alpha value is -3.51. The van der Waals surface area contributed by atoms with Gasteiger partial charge in [-0.25, -0.2) is 4.98 Å². The summed E-state index contributed by atoms with van der Waals surface area (Å²) in [5.74, 6) is -0.658. The van der Waals surface area contributed by atoms with Crippen molar-refractivity contribution in [2.75, 3.05) is 18.2 Å². The zero-order valence-corrected chi connectivity index (χ0v) is 20.3. The molecule has 1 aromatic heterocycles. The first-order valence-corrected chi connectivity index (χ1v) is 11.7. The van der Waals surface area contributed by atoms with Gasteiger partial charge >= 0.3 is 6.18 Å². The molecule has 0 atom stereocenters. The monoisotopic (exact) mass is 540 g/mol. The Morgan fingerprint density at radius 1 is 1.14 bits per heavy atom. The maximum atomic E-state index is 12.9. The average Bonchev–Trinajstić information content (AvgIpc) is 2.82. The van der Waals surface area contributed by atoms with E-state index in [0.717, 1.165) is 41.6 Å². The highest BCUT2D eigenvalue weighted by atomic mass is 35.5. The second-order valence-electron chi connectivity index (χ2n) is 7.38. The summed E-state index contributed by atoms with van der Waals surface area (Å²) >= 11 is 6.73. The predicted molar refractivity (Wildman–Crippen MR) is 129 cm³/mol. The third-order valence-electron chi connectivity index (χ3n) is 4.65. The van der Waals surface area contributed by atoms with Crippen molar-refractivity contribution in [3.63, 3.8) is 0 Å². The molecule has 0 spiro atoms. The van der Waals surface area contributed by atoms with Gasteiger partial charge in [-0.15, -0.1) is 0 Å². The van der Waals surface area contributed by atoms with Crippen LogP contribution in [0.25, 0.3) is 0 Å². The quantitative estimate of drug-likeness (QED) is 0.279. The number of ether oxygens (including phenoxy) is 1. The number of hydrogen-bond donors (Lipinski definition) is 3. The molecule has 0 aliphatic carbocycles. The lowest BCUT2D eigenvalue weighted by Crippen LogP contribution is -2.26. The maximum absolute atomic E-state index is 12.9. The van der Waals surface area contributed by atoms with Crippen molar-refractivity contribution in [1.29, 1.82) is 0 Å². The fourth-order valence-corrected chi connectivity index (χ4v) is 3.83. The van der Waals surface area contributed by atoms with Gasteiger partial charge in [0.05, 0.1) is 41.3 Å². The number of rotatable bonds is 9. The molecule has 8 nitrogen and oxygen atoms in total. The SMILES string of the molecule is COc1cccc(CNC(=O)Cc2cc(=O)[nH]c(SCC(=O)Nc3cc(C(F)(F)F)ccc3Cl)n2)c1. The summed E-state index contributed by atoms with van der Waals surface area (Å²) in [4.78, 5) is 43.1. The third kappa shape index (κ3) is 8.02. The Kier molecular flexibility index (Phi) is 8.99. The number of halogens is 4. The van der Waals surface area contributed by atoms with E-state index in [9.17, 15) is 27.6 Å². The number of nitrogens with zero attached hydrogens (tertiary/aromatic N) is 1. The van der Waals surface area contributed by atoms with E-state index in [2.05, 4.69) is 20.6 Å². The van der Waals surface area contributed by atoms with Crippen LogP contribution in [0.2, 0.25) is 5.02 Å². The summed E-state index contributed by atoms with van der Waals surface area (Å²) in [7, 11) is 1.54. The summed E-state index contributed by atoms with van der Waals surface area (Å²) in [5.41, 5.74) is -0.668. The van der Waals surface area contributed by atoms with Crippen LogP contribution in [0.4, 0.5) is 18.9 Å². The number of methoxy groups -OCH3 is 1. The number of hydrogen-bond acceptors (Lipinski definition) is 6. The molecule has 0 saturated carbocycles. The fourth-order valence-electron chi connectivity index (χ4n) is 2.97. The summed E-state index contributed by atoms with van der Waals surface area (Å²) in [5, 5.41) is 5.05. The number of aromatic amines is 1. The summed E-state index contributed by atoms with van der Waals surface area (Å²) in [6, 6.07) is 10.9. The Labute approximate surface area is 212 Å². The maximum Gasteiger partial charge on any atom is 0.416 e. The van der Waals surface area contributed by atoms with Gasteiger partial charge in [0.1, 0.15) is 5.75 Å². The average molecular weight is 541 g/mol. The number of anilines is 1. The van der Waals surface area contributed by atoms with E-state index in [4.69, 9.17) is 16.3 Å². The molecule has 2 aromatic carbocycles. The van der Waals surface area contributed by atoms with E-state index < -0.39 is 23.2 Å². The number of benzene rings is 2. The van der Waals surface area contributed by atoms with Crippen LogP contribution in [0.15, 0.2) is 58.5 Å². The van der Waals surface area contributed by atoms with Gasteiger partial charge in [0.15, 0.2) is 5.16 Å². The predicted octanol–water partition coefficient (Wildman–Crippen LogP) is 4.04. The molecule has 0 bridgehead atoms. The lowest BCUT2D eigenvalue weighted by atomic mass is 10.2. The molecule has 0 fully saturated rings. The number of thioether (sulfide) groups is 1. The largest absolute Gasteiger partial charge is 0.497 e. The van der Waals surface area contributed by atoms with Crippen molar-refractivity contribution >= 4 is 40.9 Å². The molecule has 3 N–H and O–H groups in total. The van der Waals surface area contributed by atoms with Crippen molar-refractivity contribution in [1.82, 2.24) is 15.3 Å². The molecule has 0 unspecified atom stereocenters. The molecule has 0 aliphatic rings. The molecule has 36 heavy (non-hydrogen) atoms. The first kappa shape index (κ1) is 27.1. The molecule has 0 aliphatic heterocycles. The van der Waals surface area contributed by atoms with Crippen molar-refractivity contribution in [3.05, 3.63) is 80.7 Å². The highest BCUT2D eigenvalue weighted by Gasteiger charge is 2.31. The molecule has 0 radical (unpaired) electrons. The van der Waals surface area contributed by atoms with Crippen LogP contribution in [0.3, 0.4) is 0 Å². The number of amides is 2. The van der Waals surface area contributed by atoms with E-state index in [0.29, 0.717) is 5.75 Å². The van der Waals surface area contributed by atoms with Crippen LogP contribution in [0, 0.1) is 0 Å². The Bertz CT molecular complexity index is 1320. The minimum absolute atomic E-state index is 0.0603. The van der Waals surface area contributed by atoms with E-state index in [1.54, 1.807) is 18.2 Å². The number of nitrogens with one attached hydrogen (secondary N) is 3. The highest BCUT2D eigenvalue weighted by Crippen LogP contribution is 2.33. The highest BCUT2D eigenvalue weighted by molar-refractivity contribution is 7.99. The molecule has 1 heterocycles. The van der Waals surface area contributed by atoms with Crippen molar-refractivity contribution in [2.24, 2.45) is 0 Å². The number of alkyl halides is 3. The first-order valence-electron chi connectivity index (χ1n) is 10.3. The van der Waals surface area contributed by atoms with Crippen molar-refractivity contribution in [3.8, 4) is 5.75 Å². The summed E-state index contributed by atoms with van der Waals surface area (Å²) in [6.45, 7) is 0.249. The standard InChI is InChI=1S/C23H20ClF3N4O4S/c1-35-16-4-2-3-13(7-16)11-28-19(32)9-15-10-20(33)31-22(29-15)36-12-21(34)30-18-8-14(23(25,26)27)5-6-17(18)24/h2-8,10H,9,11-12H2,1H3,(H,28,32)(H,30,34)(H,29,31,33). The molecule has 190 valence electrons. The van der Waals surface area contributed by atoms with Gasteiger partial charge < -0.3 is 20.4 Å². The lowest BCUT2D eigenvalue weighted by molar-refractivity contribution is -0.137. The minimum Gasteiger partial charge on any atom is -0.497 e. The summed E-state index contributed by atoms with van der Waals surface area (Å²) < 4.78 is 43.8. The third-order valence-corrected chi connectivity index (χ3v) is 5.85. The summed E-state index contributed by atoms with van der Waals surface area (Å²) in [6.07, 6.45) is -4.77. The second kappa shape index (κ2) is 12.0. The van der Waals surface area contributed by atoms with Gasteiger partial charge in [-0.2, -0.15) is 13.2 Å². The smallest absolute Gasteiger partial charge is 0.416 e. The van der Waals surface area contributed by atoms with Crippen LogP contribution >= 0.6 is 23.4 Å².